The Balaban J connectivity index is 0.000000194. The SMILES string of the molecule is Cc1ccc(P(c2ccc(C)cc2)c2ccc3ccccc3c2-c2c(P(c3ccc(C)cc3)c3ccc(C)cc3)ccc3ccccc23)cc1.Cc1ccc(P(c2ccc(C)cc2)c2ccc3ccccc3c2-c2c(P(c3ccc(C)cc3)c3ccc(C)cc3)ccc3ccccc23)cc1.[O-][Cl+2]([O-])[O-].[O-][Cl+2]([O-])[O-].[O-][Cl+2]([O-])[O-].[Rh+3]. The third-order valence-corrected chi connectivity index (χ3v) is 29.4. The largest absolute Gasteiger partial charge is 3.00 e. The molecule has 0 unspecified atom stereocenters. The van der Waals surface area contributed by atoms with E-state index in [1.807, 2.05) is 0 Å². The van der Waals surface area contributed by atoms with E-state index in [1.54, 1.807) is 0 Å². The van der Waals surface area contributed by atoms with E-state index < -0.39 is 64.0 Å². The Kier molecular flexibility index (Phi) is 30.3. The maximum atomic E-state index is 8.41. The second-order valence-corrected chi connectivity index (χ2v) is 37.2. The molecule has 16 aromatic rings. The van der Waals surface area contributed by atoms with Gasteiger partial charge in [0, 0.05) is 0 Å². The minimum atomic E-state index is -2.85. The molecule has 0 N–H and O–H groups in total. The minimum absolute atomic E-state index is 0. The van der Waals surface area contributed by atoms with E-state index in [1.165, 1.54) is 174 Å². The Morgan fingerprint density at radius 3 is 0.425 bits per heavy atom. The molecule has 0 aromatic heterocycles. The summed E-state index contributed by atoms with van der Waals surface area (Å²) in [4.78, 5) is 0. The molecule has 0 saturated carbocycles. The molecule has 0 aliphatic heterocycles. The smallest absolute Gasteiger partial charge is 0.357 e. The second kappa shape index (κ2) is 40.1. The standard InChI is InChI=1S/2C48H40P2.3ClO3.Rh/c2*1-33-13-23-39(24-14-33)49(40-25-15-34(2)16-26-40)45-31-21-37-9-5-7-11-43(37)47(45)48-44-12-8-6-10-38(44)22-32-46(48)50(41-27-17-35(3)18-28-41)42-29-19-36(4)20-30-42;3*2-1(3)4;/h2*5-32H,1-4H3;;;;/q;;3*-1;+3. The number of halogens is 3. The van der Waals surface area contributed by atoms with E-state index in [0.717, 1.165) is 0 Å². The van der Waals surface area contributed by atoms with E-state index in [2.05, 4.69) is 395 Å². The summed E-state index contributed by atoms with van der Waals surface area (Å²) >= 11 is 0. The first-order valence-corrected chi connectivity index (χ1v) is 44.2. The monoisotopic (exact) mass is 1710 g/mol. The van der Waals surface area contributed by atoms with Crippen LogP contribution in [0.25, 0.3) is 65.3 Å². The number of rotatable bonds is 14. The zero-order chi connectivity index (χ0) is 79.1. The van der Waals surface area contributed by atoms with Crippen LogP contribution in [0.5, 0.6) is 0 Å². The summed E-state index contributed by atoms with van der Waals surface area (Å²) in [6.45, 7) is 17.4. The molecular weight excluding hydrogens is 1630 g/mol. The molecule has 0 fully saturated rings. The molecule has 0 aliphatic carbocycles. The molecule has 16 aromatic carbocycles. The van der Waals surface area contributed by atoms with Crippen LogP contribution >= 0.6 is 31.7 Å². The molecule has 0 spiro atoms. The molecule has 0 heterocycles. The van der Waals surface area contributed by atoms with Crippen LogP contribution < -0.4 is 106 Å². The fourth-order valence-corrected chi connectivity index (χ4v) is 23.8. The Hall–Kier alpha value is -8.59. The Labute approximate surface area is 688 Å². The molecule has 17 heteroatoms. The molecule has 9 nitrogen and oxygen atoms in total. The van der Waals surface area contributed by atoms with Crippen LogP contribution in [0.15, 0.2) is 340 Å². The van der Waals surface area contributed by atoms with Gasteiger partial charge in [0.1, 0.15) is 0 Å². The van der Waals surface area contributed by atoms with Crippen LogP contribution in [0.4, 0.5) is 0 Å². The van der Waals surface area contributed by atoms with Crippen molar-refractivity contribution in [3.63, 3.8) is 0 Å². The summed E-state index contributed by atoms with van der Waals surface area (Å²) in [5.41, 5.74) is 15.7. The summed E-state index contributed by atoms with van der Waals surface area (Å²) in [5.74, 6) is 0. The van der Waals surface area contributed by atoms with Crippen molar-refractivity contribution < 1.29 is 93.8 Å². The van der Waals surface area contributed by atoms with Gasteiger partial charge in [0.05, 0.1) is 32.4 Å². The normalized spacial score (nSPS) is 11.2. The number of benzene rings is 16. The Morgan fingerprint density at radius 1 is 0.168 bits per heavy atom. The molecule has 0 atom stereocenters. The summed E-state index contributed by atoms with van der Waals surface area (Å²) in [6, 6.07) is 129. The maximum Gasteiger partial charge on any atom is 3.00 e. The maximum absolute atomic E-state index is 8.41. The van der Waals surface area contributed by atoms with E-state index in [4.69, 9.17) is 41.9 Å². The summed E-state index contributed by atoms with van der Waals surface area (Å²) in [6.07, 6.45) is 0. The number of hydrogen-bond acceptors (Lipinski definition) is 9. The van der Waals surface area contributed by atoms with Crippen molar-refractivity contribution >= 4 is 138 Å². The number of hydrogen-bond donors (Lipinski definition) is 0. The summed E-state index contributed by atoms with van der Waals surface area (Å²) < 4.78 is 75.7. The predicted octanol–water partition coefficient (Wildman–Crippen LogP) is 10.1. The first-order chi connectivity index (χ1) is 54.1. The third-order valence-electron chi connectivity index (χ3n) is 19.4. The van der Waals surface area contributed by atoms with Crippen molar-refractivity contribution in [3.05, 3.63) is 384 Å². The van der Waals surface area contributed by atoms with E-state index in [9.17, 15) is 0 Å². The van der Waals surface area contributed by atoms with E-state index >= 15 is 0 Å². The van der Waals surface area contributed by atoms with Crippen molar-refractivity contribution in [2.24, 2.45) is 0 Å². The molecule has 16 rings (SSSR count). The van der Waals surface area contributed by atoms with Gasteiger partial charge in [-0.15, -0.1) is 0 Å². The average Bonchev–Trinajstić information content (AvgIpc) is 0.736. The van der Waals surface area contributed by atoms with Crippen LogP contribution in [-0.4, -0.2) is 0 Å². The van der Waals surface area contributed by atoms with Gasteiger partial charge >= 0.3 is 19.5 Å². The molecule has 0 aliphatic rings. The zero-order valence-corrected chi connectivity index (χ0v) is 70.7. The number of fused-ring (bicyclic) bond motifs is 4. The number of aryl methyl sites for hydroxylation is 8. The van der Waals surface area contributed by atoms with Crippen molar-refractivity contribution in [3.8, 4) is 22.3 Å². The van der Waals surface area contributed by atoms with Gasteiger partial charge in [-0.3, -0.25) is 0 Å². The predicted molar refractivity (Wildman–Crippen MR) is 447 cm³/mol. The van der Waals surface area contributed by atoms with Crippen LogP contribution in [0.2, 0.25) is 0 Å². The molecule has 0 radical (unpaired) electrons. The van der Waals surface area contributed by atoms with Gasteiger partial charge in [-0.25, -0.2) is 0 Å². The van der Waals surface area contributed by atoms with Crippen molar-refractivity contribution in [2.45, 2.75) is 55.4 Å². The second-order valence-electron chi connectivity index (χ2n) is 27.3. The molecule has 568 valence electrons. The topological polar surface area (TPSA) is 208 Å². The van der Waals surface area contributed by atoms with Crippen LogP contribution in [0.3, 0.4) is 0 Å². The van der Waals surface area contributed by atoms with Gasteiger partial charge in [0.2, 0.25) is 0 Å². The fraction of sp³-hybridized carbons (Fsp3) is 0.0833. The summed E-state index contributed by atoms with van der Waals surface area (Å²) in [7, 11) is -12.1. The average molecular weight is 1710 g/mol. The molecule has 0 saturated heterocycles. The van der Waals surface area contributed by atoms with Crippen LogP contribution in [-0.2, 0) is 19.5 Å². The first-order valence-electron chi connectivity index (χ1n) is 36.1. The third kappa shape index (κ3) is 21.3. The van der Waals surface area contributed by atoms with Crippen LogP contribution in [0.1, 0.15) is 44.5 Å². The molecule has 0 bridgehead atoms. The van der Waals surface area contributed by atoms with Gasteiger partial charge in [0.15, 0.2) is 0 Å². The quantitative estimate of drug-likeness (QED) is 0.0749. The van der Waals surface area contributed by atoms with Crippen LogP contribution in [0, 0.1) is 87.7 Å². The Bertz CT molecular complexity index is 4920. The van der Waals surface area contributed by atoms with Gasteiger partial charge in [-0.05, 0) is 216 Å². The van der Waals surface area contributed by atoms with Gasteiger partial charge < -0.3 is 41.9 Å². The minimum Gasteiger partial charge on any atom is -0.357 e. The Morgan fingerprint density at radius 2 is 0.292 bits per heavy atom. The molecular formula is C96H80Cl3O9P4Rh. The van der Waals surface area contributed by atoms with Crippen molar-refractivity contribution in [1.82, 2.24) is 0 Å². The first kappa shape index (κ1) is 85.3. The van der Waals surface area contributed by atoms with Crippen molar-refractivity contribution in [1.29, 1.82) is 0 Å². The van der Waals surface area contributed by atoms with Gasteiger partial charge in [-0.1, -0.05) is 384 Å². The van der Waals surface area contributed by atoms with Crippen molar-refractivity contribution in [2.75, 3.05) is 0 Å². The van der Waals surface area contributed by atoms with E-state index in [-0.39, 0.29) is 19.5 Å². The van der Waals surface area contributed by atoms with Gasteiger partial charge in [0.25, 0.3) is 0 Å². The van der Waals surface area contributed by atoms with Gasteiger partial charge in [-0.2, -0.15) is 0 Å². The molecule has 0 amide bonds. The molecule has 113 heavy (non-hydrogen) atoms. The fourth-order valence-electron chi connectivity index (χ4n) is 14.1. The van der Waals surface area contributed by atoms with E-state index in [0.29, 0.717) is 0 Å². The summed E-state index contributed by atoms with van der Waals surface area (Å²) in [5, 5.41) is 26.8. The zero-order valence-electron chi connectivity index (χ0n) is 63.3.